The van der Waals surface area contributed by atoms with Gasteiger partial charge in [-0.3, -0.25) is 5.10 Å². The van der Waals surface area contributed by atoms with Crippen molar-refractivity contribution < 1.29 is 4.79 Å². The summed E-state index contributed by atoms with van der Waals surface area (Å²) in [6, 6.07) is -0.185. The number of amides is 2. The minimum atomic E-state index is -0.0992. The van der Waals surface area contributed by atoms with Crippen LogP contribution in [0.2, 0.25) is 0 Å². The van der Waals surface area contributed by atoms with Gasteiger partial charge in [-0.2, -0.15) is 5.10 Å². The summed E-state index contributed by atoms with van der Waals surface area (Å²) >= 11 is 1.57. The molecule has 1 aliphatic rings. The molecule has 0 saturated carbocycles. The first-order valence-corrected chi connectivity index (χ1v) is 8.91. The van der Waals surface area contributed by atoms with E-state index in [2.05, 4.69) is 20.5 Å². The van der Waals surface area contributed by atoms with Crippen LogP contribution in [0.3, 0.4) is 0 Å². The summed E-state index contributed by atoms with van der Waals surface area (Å²) in [6.07, 6.45) is 4.55. The number of fused-ring (bicyclic) bond motifs is 1. The highest BCUT2D eigenvalue weighted by atomic mass is 32.1. The lowest BCUT2D eigenvalue weighted by atomic mass is 9.96. The summed E-state index contributed by atoms with van der Waals surface area (Å²) in [4.78, 5) is 18.5. The molecule has 2 amide bonds. The van der Waals surface area contributed by atoms with Crippen LogP contribution >= 0.6 is 11.3 Å². The highest BCUT2D eigenvalue weighted by Gasteiger charge is 2.20. The number of nitrogens with one attached hydrogen (secondary N) is 2. The standard InChI is InChI=1S/C16H23N5OS/c1-10-9-23-15(17-10)11(2)18-16(22)21(3)8-14-12-6-4-5-7-13(12)19-20-14/h9,11H,4-8H2,1-3H3,(H,18,22)(H,19,20)/t11-/m1/s1. The molecule has 0 radical (unpaired) electrons. The van der Waals surface area contributed by atoms with E-state index in [1.807, 2.05) is 19.2 Å². The van der Waals surface area contributed by atoms with Crippen LogP contribution in [0.15, 0.2) is 5.38 Å². The second-order valence-electron chi connectivity index (χ2n) is 6.19. The zero-order chi connectivity index (χ0) is 16.4. The minimum absolute atomic E-state index is 0.0863. The molecule has 1 atom stereocenters. The van der Waals surface area contributed by atoms with Gasteiger partial charge in [0.05, 0.1) is 18.3 Å². The molecule has 124 valence electrons. The molecule has 2 N–H and O–H groups in total. The molecule has 0 saturated heterocycles. The zero-order valence-corrected chi connectivity index (χ0v) is 14.7. The van der Waals surface area contributed by atoms with E-state index in [1.165, 1.54) is 24.1 Å². The van der Waals surface area contributed by atoms with Gasteiger partial charge >= 0.3 is 6.03 Å². The number of urea groups is 1. The molecular weight excluding hydrogens is 310 g/mol. The number of H-pyrrole nitrogens is 1. The molecule has 6 nitrogen and oxygen atoms in total. The minimum Gasteiger partial charge on any atom is -0.329 e. The van der Waals surface area contributed by atoms with Crippen LogP contribution in [0.25, 0.3) is 0 Å². The third-order valence-electron chi connectivity index (χ3n) is 4.22. The Morgan fingerprint density at radius 2 is 2.26 bits per heavy atom. The van der Waals surface area contributed by atoms with E-state index < -0.39 is 0 Å². The number of hydrogen-bond acceptors (Lipinski definition) is 4. The van der Waals surface area contributed by atoms with Gasteiger partial charge in [-0.25, -0.2) is 9.78 Å². The lowest BCUT2D eigenvalue weighted by Crippen LogP contribution is -2.38. The average molecular weight is 333 g/mol. The van der Waals surface area contributed by atoms with Gasteiger partial charge in [0.2, 0.25) is 0 Å². The Kier molecular flexibility index (Phi) is 4.66. The van der Waals surface area contributed by atoms with Gasteiger partial charge in [0.25, 0.3) is 0 Å². The predicted molar refractivity (Wildman–Crippen MR) is 90.5 cm³/mol. The van der Waals surface area contributed by atoms with Crippen molar-refractivity contribution in [1.82, 2.24) is 25.4 Å². The molecular formula is C16H23N5OS. The molecule has 0 spiro atoms. The quantitative estimate of drug-likeness (QED) is 0.903. The summed E-state index contributed by atoms with van der Waals surface area (Å²) in [5.41, 5.74) is 4.53. The summed E-state index contributed by atoms with van der Waals surface area (Å²) in [5.74, 6) is 0. The topological polar surface area (TPSA) is 73.9 Å². The molecule has 0 fully saturated rings. The van der Waals surface area contributed by atoms with Crippen LogP contribution in [-0.4, -0.2) is 33.2 Å². The Hall–Kier alpha value is -1.89. The van der Waals surface area contributed by atoms with E-state index in [0.717, 1.165) is 29.2 Å². The molecule has 1 aliphatic carbocycles. The largest absolute Gasteiger partial charge is 0.329 e. The number of thiazole rings is 1. The lowest BCUT2D eigenvalue weighted by molar-refractivity contribution is 0.203. The van der Waals surface area contributed by atoms with E-state index in [0.29, 0.717) is 6.54 Å². The number of nitrogens with zero attached hydrogens (tertiary/aromatic N) is 3. The third kappa shape index (κ3) is 3.55. The Morgan fingerprint density at radius 1 is 1.48 bits per heavy atom. The van der Waals surface area contributed by atoms with E-state index in [-0.39, 0.29) is 12.1 Å². The van der Waals surface area contributed by atoms with Crippen molar-refractivity contribution in [1.29, 1.82) is 0 Å². The molecule has 2 aromatic rings. The van der Waals surface area contributed by atoms with Gasteiger partial charge in [0.1, 0.15) is 5.01 Å². The van der Waals surface area contributed by atoms with Gasteiger partial charge in [-0.1, -0.05) is 0 Å². The Bertz CT molecular complexity index is 692. The van der Waals surface area contributed by atoms with Gasteiger partial charge in [-0.05, 0) is 45.1 Å². The molecule has 2 heterocycles. The maximum absolute atomic E-state index is 12.4. The molecule has 0 bridgehead atoms. The van der Waals surface area contributed by atoms with Crippen LogP contribution in [0.5, 0.6) is 0 Å². The second kappa shape index (κ2) is 6.70. The predicted octanol–water partition coefficient (Wildman–Crippen LogP) is 2.96. The van der Waals surface area contributed by atoms with Crippen LogP contribution in [0, 0.1) is 6.92 Å². The Labute approximate surface area is 140 Å². The van der Waals surface area contributed by atoms with Gasteiger partial charge in [0.15, 0.2) is 0 Å². The fourth-order valence-electron chi connectivity index (χ4n) is 2.91. The monoisotopic (exact) mass is 333 g/mol. The number of rotatable bonds is 4. The van der Waals surface area contributed by atoms with Crippen molar-refractivity contribution in [2.75, 3.05) is 7.05 Å². The Morgan fingerprint density at radius 3 is 3.00 bits per heavy atom. The molecule has 0 aliphatic heterocycles. The van der Waals surface area contributed by atoms with Crippen molar-refractivity contribution >= 4 is 17.4 Å². The lowest BCUT2D eigenvalue weighted by Gasteiger charge is -2.20. The van der Waals surface area contributed by atoms with Crippen LogP contribution in [0.4, 0.5) is 4.79 Å². The van der Waals surface area contributed by atoms with E-state index >= 15 is 0 Å². The van der Waals surface area contributed by atoms with Crippen LogP contribution in [-0.2, 0) is 19.4 Å². The number of aromatic amines is 1. The summed E-state index contributed by atoms with van der Waals surface area (Å²) in [5, 5.41) is 13.5. The van der Waals surface area contributed by atoms with Crippen molar-refractivity contribution in [3.63, 3.8) is 0 Å². The zero-order valence-electron chi connectivity index (χ0n) is 13.8. The number of aryl methyl sites for hydroxylation is 2. The Balaban J connectivity index is 1.60. The third-order valence-corrected chi connectivity index (χ3v) is 5.37. The number of carbonyl (C=O) groups is 1. The molecule has 0 unspecified atom stereocenters. The normalized spacial score (nSPS) is 15.1. The molecule has 7 heteroatoms. The molecule has 2 aromatic heterocycles. The maximum atomic E-state index is 12.4. The van der Waals surface area contributed by atoms with Crippen LogP contribution in [0.1, 0.15) is 53.5 Å². The fraction of sp³-hybridized carbons (Fsp3) is 0.562. The molecule has 23 heavy (non-hydrogen) atoms. The van der Waals surface area contributed by atoms with Crippen LogP contribution < -0.4 is 5.32 Å². The van der Waals surface area contributed by atoms with E-state index in [1.54, 1.807) is 23.3 Å². The smallest absolute Gasteiger partial charge is 0.318 e. The van der Waals surface area contributed by atoms with E-state index in [4.69, 9.17) is 0 Å². The SMILES string of the molecule is Cc1csc([C@@H](C)NC(=O)N(C)Cc2n[nH]c3c2CCCC3)n1. The fourth-order valence-corrected chi connectivity index (χ4v) is 3.71. The maximum Gasteiger partial charge on any atom is 0.318 e. The first-order valence-electron chi connectivity index (χ1n) is 8.03. The summed E-state index contributed by atoms with van der Waals surface area (Å²) < 4.78 is 0. The summed E-state index contributed by atoms with van der Waals surface area (Å²) in [7, 11) is 1.80. The van der Waals surface area contributed by atoms with Gasteiger partial charge < -0.3 is 10.2 Å². The number of aromatic nitrogens is 3. The number of hydrogen-bond donors (Lipinski definition) is 2. The first kappa shape index (κ1) is 16.0. The first-order chi connectivity index (χ1) is 11.0. The summed E-state index contributed by atoms with van der Waals surface area (Å²) in [6.45, 7) is 4.45. The van der Waals surface area contributed by atoms with Crippen molar-refractivity contribution in [3.05, 3.63) is 33.0 Å². The number of carbonyl (C=O) groups excluding carboxylic acids is 1. The average Bonchev–Trinajstić information content (AvgIpc) is 3.14. The van der Waals surface area contributed by atoms with Crippen molar-refractivity contribution in [3.8, 4) is 0 Å². The van der Waals surface area contributed by atoms with Crippen molar-refractivity contribution in [2.24, 2.45) is 0 Å². The van der Waals surface area contributed by atoms with Gasteiger partial charge in [-0.15, -0.1) is 11.3 Å². The van der Waals surface area contributed by atoms with Gasteiger partial charge in [0, 0.05) is 23.8 Å². The highest BCUT2D eigenvalue weighted by molar-refractivity contribution is 7.09. The molecule has 3 rings (SSSR count). The van der Waals surface area contributed by atoms with E-state index in [9.17, 15) is 4.79 Å². The highest BCUT2D eigenvalue weighted by Crippen LogP contribution is 2.23. The second-order valence-corrected chi connectivity index (χ2v) is 7.08. The molecule has 0 aromatic carbocycles. The van der Waals surface area contributed by atoms with Crippen molar-refractivity contribution in [2.45, 2.75) is 52.1 Å².